The van der Waals surface area contributed by atoms with Crippen LogP contribution in [0.2, 0.25) is 0 Å². The van der Waals surface area contributed by atoms with Crippen LogP contribution in [0.25, 0.3) is 0 Å². The molecule has 1 saturated carbocycles. The van der Waals surface area contributed by atoms with Gasteiger partial charge in [-0.2, -0.15) is 0 Å². The molecule has 2 atom stereocenters. The predicted molar refractivity (Wildman–Crippen MR) is 94.0 cm³/mol. The highest BCUT2D eigenvalue weighted by Gasteiger charge is 2.31. The van der Waals surface area contributed by atoms with Crippen LogP contribution in [0.5, 0.6) is 0 Å². The lowest BCUT2D eigenvalue weighted by Gasteiger charge is -2.36. The van der Waals surface area contributed by atoms with Crippen LogP contribution in [-0.4, -0.2) is 50.2 Å². The molecule has 8 heteroatoms. The predicted octanol–water partition coefficient (Wildman–Crippen LogP) is 1.25. The molecule has 1 heterocycles. The zero-order valence-electron chi connectivity index (χ0n) is 13.9. The molecule has 1 saturated heterocycles. The number of hydrogen-bond donors (Lipinski definition) is 2. The Labute approximate surface area is 146 Å². The quantitative estimate of drug-likeness (QED) is 0.764. The Morgan fingerprint density at radius 1 is 1.22 bits per heavy atom. The summed E-state index contributed by atoms with van der Waals surface area (Å²) in [5.74, 6) is 0.452. The summed E-state index contributed by atoms with van der Waals surface area (Å²) < 4.78 is 26.3. The van der Waals surface area contributed by atoms with Crippen LogP contribution in [0.15, 0.2) is 0 Å². The minimum atomic E-state index is -3.17. The van der Waals surface area contributed by atoms with Gasteiger partial charge in [-0.25, -0.2) is 13.1 Å². The van der Waals surface area contributed by atoms with Crippen molar-refractivity contribution in [2.45, 2.75) is 64.0 Å². The van der Waals surface area contributed by atoms with Crippen molar-refractivity contribution in [3.63, 3.8) is 0 Å². The maximum absolute atomic E-state index is 12.5. The molecule has 2 unspecified atom stereocenters. The monoisotopic (exact) mass is 367 g/mol. The summed E-state index contributed by atoms with van der Waals surface area (Å²) in [4.78, 5) is 14.4. The molecule has 1 aliphatic carbocycles. The van der Waals surface area contributed by atoms with E-state index in [9.17, 15) is 13.2 Å². The molecule has 2 aliphatic rings. The van der Waals surface area contributed by atoms with Gasteiger partial charge in [0.1, 0.15) is 0 Å². The first kappa shape index (κ1) is 20.7. The number of carbonyl (C=O) groups excluding carboxylic acids is 1. The number of rotatable bonds is 5. The normalized spacial score (nSPS) is 26.6. The van der Waals surface area contributed by atoms with E-state index in [0.29, 0.717) is 32.4 Å². The zero-order chi connectivity index (χ0) is 16.2. The van der Waals surface area contributed by atoms with Gasteiger partial charge in [-0.3, -0.25) is 4.79 Å². The third-order valence-electron chi connectivity index (χ3n) is 4.69. The lowest BCUT2D eigenvalue weighted by molar-refractivity contribution is -0.137. The first-order valence-electron chi connectivity index (χ1n) is 8.45. The number of hydrogen-bond acceptors (Lipinski definition) is 4. The Bertz CT molecular complexity index is 478. The summed E-state index contributed by atoms with van der Waals surface area (Å²) in [6.07, 6.45) is 5.81. The van der Waals surface area contributed by atoms with Crippen LogP contribution >= 0.6 is 12.4 Å². The number of sulfonamides is 1. The smallest absolute Gasteiger partial charge is 0.225 e. The highest BCUT2D eigenvalue weighted by Crippen LogP contribution is 2.26. The Morgan fingerprint density at radius 2 is 1.87 bits per heavy atom. The summed E-state index contributed by atoms with van der Waals surface area (Å²) >= 11 is 0. The second-order valence-electron chi connectivity index (χ2n) is 6.66. The van der Waals surface area contributed by atoms with Crippen molar-refractivity contribution in [2.75, 3.05) is 18.8 Å². The minimum Gasteiger partial charge on any atom is -0.342 e. The fourth-order valence-electron chi connectivity index (χ4n) is 3.51. The van der Waals surface area contributed by atoms with Gasteiger partial charge in [-0.05, 0) is 38.5 Å². The highest BCUT2D eigenvalue weighted by molar-refractivity contribution is 7.89. The molecular formula is C15H30ClN3O3S. The third-order valence-corrected chi connectivity index (χ3v) is 6.33. The van der Waals surface area contributed by atoms with Crippen molar-refractivity contribution >= 4 is 28.3 Å². The van der Waals surface area contributed by atoms with E-state index in [0.717, 1.165) is 25.7 Å². The summed E-state index contributed by atoms with van der Waals surface area (Å²) in [7, 11) is -3.17. The summed E-state index contributed by atoms with van der Waals surface area (Å²) in [6, 6.07) is 0.121. The van der Waals surface area contributed by atoms with Crippen molar-refractivity contribution < 1.29 is 13.2 Å². The van der Waals surface area contributed by atoms with Gasteiger partial charge in [-0.1, -0.05) is 13.3 Å². The van der Waals surface area contributed by atoms with Gasteiger partial charge in [0.25, 0.3) is 0 Å². The van der Waals surface area contributed by atoms with Crippen molar-refractivity contribution in [1.82, 2.24) is 9.62 Å². The number of likely N-dealkylation sites (tertiary alicyclic amines) is 1. The van der Waals surface area contributed by atoms with Gasteiger partial charge in [0.15, 0.2) is 0 Å². The van der Waals surface area contributed by atoms with Crippen molar-refractivity contribution in [3.8, 4) is 0 Å². The molecule has 3 N–H and O–H groups in total. The van der Waals surface area contributed by atoms with E-state index in [2.05, 4.69) is 4.72 Å². The zero-order valence-corrected chi connectivity index (χ0v) is 15.5. The topological polar surface area (TPSA) is 92.5 Å². The molecule has 1 aliphatic heterocycles. The molecule has 0 radical (unpaired) electrons. The number of halogens is 1. The molecule has 0 bridgehead atoms. The molecular weight excluding hydrogens is 338 g/mol. The van der Waals surface area contributed by atoms with Gasteiger partial charge >= 0.3 is 0 Å². The van der Waals surface area contributed by atoms with Crippen molar-refractivity contribution in [1.29, 1.82) is 0 Å². The molecule has 2 rings (SSSR count). The van der Waals surface area contributed by atoms with E-state index in [1.54, 1.807) is 0 Å². The molecule has 0 aromatic carbocycles. The lowest BCUT2D eigenvalue weighted by Crippen LogP contribution is -2.49. The van der Waals surface area contributed by atoms with E-state index >= 15 is 0 Å². The third kappa shape index (κ3) is 6.21. The SMILES string of the molecule is CCCS(=O)(=O)NC1CCN(C(=O)C2CCCC(N)C2)CC1.Cl. The largest absolute Gasteiger partial charge is 0.342 e. The van der Waals surface area contributed by atoms with Gasteiger partial charge in [0, 0.05) is 31.1 Å². The van der Waals surface area contributed by atoms with Crippen LogP contribution < -0.4 is 10.5 Å². The van der Waals surface area contributed by atoms with Gasteiger partial charge in [-0.15, -0.1) is 12.4 Å². The number of nitrogens with zero attached hydrogens (tertiary/aromatic N) is 1. The number of nitrogens with one attached hydrogen (secondary N) is 1. The summed E-state index contributed by atoms with van der Waals surface area (Å²) in [6.45, 7) is 3.14. The van der Waals surface area contributed by atoms with Gasteiger partial charge in [0.05, 0.1) is 5.75 Å². The molecule has 2 fully saturated rings. The fraction of sp³-hybridized carbons (Fsp3) is 0.933. The average Bonchev–Trinajstić information content (AvgIpc) is 2.47. The van der Waals surface area contributed by atoms with Crippen molar-refractivity contribution in [2.24, 2.45) is 11.7 Å². The second-order valence-corrected chi connectivity index (χ2v) is 8.53. The molecule has 23 heavy (non-hydrogen) atoms. The second kappa shape index (κ2) is 9.20. The number of nitrogens with two attached hydrogens (primary N) is 1. The Kier molecular flexibility index (Phi) is 8.27. The van der Waals surface area contributed by atoms with E-state index in [4.69, 9.17) is 5.73 Å². The maximum atomic E-state index is 12.5. The number of amides is 1. The Morgan fingerprint density at radius 3 is 2.43 bits per heavy atom. The molecule has 1 amide bonds. The number of piperidine rings is 1. The molecule has 6 nitrogen and oxygen atoms in total. The standard InChI is InChI=1S/C15H29N3O3S.ClH/c1-2-10-22(20,21)17-14-6-8-18(9-7-14)15(19)12-4-3-5-13(16)11-12;/h12-14,17H,2-11,16H2,1H3;1H. The van der Waals surface area contributed by atoms with Crippen LogP contribution in [0.4, 0.5) is 0 Å². The lowest BCUT2D eigenvalue weighted by atomic mass is 9.85. The molecule has 136 valence electrons. The number of carbonyl (C=O) groups is 1. The van der Waals surface area contributed by atoms with Crippen molar-refractivity contribution in [3.05, 3.63) is 0 Å². The molecule has 0 spiro atoms. The Hall–Kier alpha value is -0.370. The maximum Gasteiger partial charge on any atom is 0.225 e. The van der Waals surface area contributed by atoms with Gasteiger partial charge < -0.3 is 10.6 Å². The van der Waals surface area contributed by atoms with E-state index in [1.165, 1.54) is 0 Å². The Balaban J connectivity index is 0.00000264. The summed E-state index contributed by atoms with van der Waals surface area (Å²) in [5, 5.41) is 0. The highest BCUT2D eigenvalue weighted by atomic mass is 35.5. The first-order chi connectivity index (χ1) is 10.4. The van der Waals surface area contributed by atoms with Crippen LogP contribution in [0.1, 0.15) is 51.9 Å². The van der Waals surface area contributed by atoms with E-state index in [-0.39, 0.29) is 42.1 Å². The average molecular weight is 368 g/mol. The molecule has 0 aromatic heterocycles. The summed E-state index contributed by atoms with van der Waals surface area (Å²) in [5.41, 5.74) is 5.96. The van der Waals surface area contributed by atoms with E-state index in [1.807, 2.05) is 11.8 Å². The molecule has 0 aromatic rings. The van der Waals surface area contributed by atoms with Crippen LogP contribution in [-0.2, 0) is 14.8 Å². The van der Waals surface area contributed by atoms with E-state index < -0.39 is 10.0 Å². The first-order valence-corrected chi connectivity index (χ1v) is 10.1. The van der Waals surface area contributed by atoms with Crippen LogP contribution in [0, 0.1) is 5.92 Å². The fourth-order valence-corrected chi connectivity index (χ4v) is 4.91. The van der Waals surface area contributed by atoms with Gasteiger partial charge in [0.2, 0.25) is 15.9 Å². The minimum absolute atomic E-state index is 0. The van der Waals surface area contributed by atoms with Crippen LogP contribution in [0.3, 0.4) is 0 Å².